The van der Waals surface area contributed by atoms with Crippen LogP contribution in [0.5, 0.6) is 0 Å². The first-order chi connectivity index (χ1) is 8.69. The molecule has 4 heteroatoms. The van der Waals surface area contributed by atoms with Gasteiger partial charge in [-0.2, -0.15) is 0 Å². The van der Waals surface area contributed by atoms with E-state index in [1.54, 1.807) is 0 Å². The Morgan fingerprint density at radius 1 is 1.61 bits per heavy atom. The lowest BCUT2D eigenvalue weighted by molar-refractivity contribution is -0.148. The zero-order valence-corrected chi connectivity index (χ0v) is 11.1. The van der Waals surface area contributed by atoms with Crippen LogP contribution in [0.3, 0.4) is 0 Å². The molecule has 0 N–H and O–H groups in total. The summed E-state index contributed by atoms with van der Waals surface area (Å²) in [5.41, 5.74) is 0. The molecular formula is C14H21NO3. The van der Waals surface area contributed by atoms with E-state index in [2.05, 4.69) is 12.2 Å². The molecule has 2 rings (SSSR count). The van der Waals surface area contributed by atoms with Crippen LogP contribution in [0.15, 0.2) is 12.2 Å². The third kappa shape index (κ3) is 2.28. The monoisotopic (exact) mass is 251 g/mol. The van der Waals surface area contributed by atoms with Crippen LogP contribution in [0.25, 0.3) is 0 Å². The van der Waals surface area contributed by atoms with Crippen LogP contribution in [0.2, 0.25) is 0 Å². The molecule has 1 amide bonds. The number of nitrogens with zero attached hydrogens (tertiary/aromatic N) is 1. The molecule has 0 spiro atoms. The molecular weight excluding hydrogens is 230 g/mol. The van der Waals surface area contributed by atoms with Gasteiger partial charge in [-0.05, 0) is 19.3 Å². The Hall–Kier alpha value is -1.32. The smallest absolute Gasteiger partial charge is 0.309 e. The Morgan fingerprint density at radius 2 is 2.39 bits per heavy atom. The number of ether oxygens (including phenoxy) is 1. The molecule has 1 saturated heterocycles. The molecule has 4 nitrogen and oxygen atoms in total. The normalized spacial score (nSPS) is 28.8. The van der Waals surface area contributed by atoms with Gasteiger partial charge in [-0.25, -0.2) is 0 Å². The largest absolute Gasteiger partial charge is 0.469 e. The second-order valence-electron chi connectivity index (χ2n) is 5.03. The van der Waals surface area contributed by atoms with Gasteiger partial charge in [-0.3, -0.25) is 9.59 Å². The number of esters is 1. The topological polar surface area (TPSA) is 46.6 Å². The van der Waals surface area contributed by atoms with Gasteiger partial charge in [0.25, 0.3) is 0 Å². The lowest BCUT2D eigenvalue weighted by atomic mass is 9.83. The SMILES string of the molecule is CC[C@H](C(=O)OC)[C@H]1C=CCCN2C(=O)CC[C@@H]12. The van der Waals surface area contributed by atoms with Crippen LogP contribution in [-0.4, -0.2) is 36.5 Å². The van der Waals surface area contributed by atoms with Crippen LogP contribution in [0, 0.1) is 11.8 Å². The molecule has 1 fully saturated rings. The minimum Gasteiger partial charge on any atom is -0.469 e. The maximum absolute atomic E-state index is 11.9. The highest BCUT2D eigenvalue weighted by molar-refractivity contribution is 5.79. The molecule has 0 aromatic rings. The van der Waals surface area contributed by atoms with Gasteiger partial charge >= 0.3 is 5.97 Å². The van der Waals surface area contributed by atoms with Gasteiger partial charge in [0.2, 0.25) is 5.91 Å². The second kappa shape index (κ2) is 5.55. The zero-order chi connectivity index (χ0) is 13.1. The Labute approximate surface area is 108 Å². The Bertz CT molecular complexity index is 364. The molecule has 0 aromatic heterocycles. The van der Waals surface area contributed by atoms with Crippen molar-refractivity contribution in [2.24, 2.45) is 11.8 Å². The van der Waals surface area contributed by atoms with E-state index in [1.165, 1.54) is 7.11 Å². The van der Waals surface area contributed by atoms with E-state index >= 15 is 0 Å². The fourth-order valence-electron chi connectivity index (χ4n) is 3.19. The Morgan fingerprint density at radius 3 is 3.06 bits per heavy atom. The highest BCUT2D eigenvalue weighted by Gasteiger charge is 2.41. The maximum Gasteiger partial charge on any atom is 0.309 e. The van der Waals surface area contributed by atoms with Crippen molar-refractivity contribution in [1.29, 1.82) is 0 Å². The Balaban J connectivity index is 2.23. The third-order valence-corrected chi connectivity index (χ3v) is 4.12. The predicted octanol–water partition coefficient (Wildman–Crippen LogP) is 1.75. The van der Waals surface area contributed by atoms with Crippen molar-refractivity contribution in [2.45, 2.75) is 38.6 Å². The summed E-state index contributed by atoms with van der Waals surface area (Å²) in [6, 6.07) is 0.181. The Kier molecular flexibility index (Phi) is 4.04. The summed E-state index contributed by atoms with van der Waals surface area (Å²) in [5.74, 6) is 0.0425. The predicted molar refractivity (Wildman–Crippen MR) is 67.8 cm³/mol. The van der Waals surface area contributed by atoms with Crippen molar-refractivity contribution in [3.63, 3.8) is 0 Å². The molecule has 2 aliphatic heterocycles. The molecule has 2 aliphatic rings. The number of hydrogen-bond acceptors (Lipinski definition) is 3. The number of carbonyl (C=O) groups is 2. The highest BCUT2D eigenvalue weighted by atomic mass is 16.5. The molecule has 0 saturated carbocycles. The van der Waals surface area contributed by atoms with Crippen molar-refractivity contribution in [3.05, 3.63) is 12.2 Å². The molecule has 0 aromatic carbocycles. The van der Waals surface area contributed by atoms with E-state index in [4.69, 9.17) is 4.74 Å². The van der Waals surface area contributed by atoms with Crippen LogP contribution in [-0.2, 0) is 14.3 Å². The molecule has 100 valence electrons. The number of rotatable bonds is 3. The third-order valence-electron chi connectivity index (χ3n) is 4.12. The molecule has 0 aliphatic carbocycles. The number of carbonyl (C=O) groups excluding carboxylic acids is 2. The number of methoxy groups -OCH3 is 1. The molecule has 2 heterocycles. The van der Waals surface area contributed by atoms with Crippen molar-refractivity contribution < 1.29 is 14.3 Å². The van der Waals surface area contributed by atoms with E-state index in [0.29, 0.717) is 6.42 Å². The van der Waals surface area contributed by atoms with Crippen molar-refractivity contribution in [2.75, 3.05) is 13.7 Å². The lowest BCUT2D eigenvalue weighted by Gasteiger charge is -2.31. The summed E-state index contributed by atoms with van der Waals surface area (Å²) in [6.07, 6.45) is 7.33. The first kappa shape index (κ1) is 13.1. The fourth-order valence-corrected chi connectivity index (χ4v) is 3.19. The molecule has 0 radical (unpaired) electrons. The quantitative estimate of drug-likeness (QED) is 0.567. The second-order valence-corrected chi connectivity index (χ2v) is 5.03. The van der Waals surface area contributed by atoms with Gasteiger partial charge in [0.1, 0.15) is 0 Å². The maximum atomic E-state index is 11.9. The average molecular weight is 251 g/mol. The first-order valence-electron chi connectivity index (χ1n) is 6.73. The van der Waals surface area contributed by atoms with Gasteiger partial charge in [0, 0.05) is 24.9 Å². The van der Waals surface area contributed by atoms with Crippen LogP contribution < -0.4 is 0 Å². The van der Waals surface area contributed by atoms with Crippen molar-refractivity contribution in [3.8, 4) is 0 Å². The number of hydrogen-bond donors (Lipinski definition) is 0. The average Bonchev–Trinajstić information content (AvgIpc) is 2.62. The standard InChI is InChI=1S/C14H21NO3/c1-3-10(14(17)18-2)11-6-4-5-9-15-12(11)7-8-13(15)16/h4,6,10-12H,3,5,7-9H2,1-2H3/t10-,11+,12-/m0/s1. The molecule has 18 heavy (non-hydrogen) atoms. The van der Waals surface area contributed by atoms with Crippen LogP contribution in [0.4, 0.5) is 0 Å². The summed E-state index contributed by atoms with van der Waals surface area (Å²) < 4.78 is 4.90. The molecule has 0 unspecified atom stereocenters. The van der Waals surface area contributed by atoms with Crippen molar-refractivity contribution in [1.82, 2.24) is 4.90 Å². The van der Waals surface area contributed by atoms with E-state index in [0.717, 1.165) is 25.8 Å². The van der Waals surface area contributed by atoms with E-state index in [-0.39, 0.29) is 29.8 Å². The van der Waals surface area contributed by atoms with Crippen molar-refractivity contribution >= 4 is 11.9 Å². The summed E-state index contributed by atoms with van der Waals surface area (Å²) in [5, 5.41) is 0. The lowest BCUT2D eigenvalue weighted by Crippen LogP contribution is -2.41. The molecule has 3 atom stereocenters. The highest BCUT2D eigenvalue weighted by Crippen LogP contribution is 2.34. The van der Waals surface area contributed by atoms with E-state index in [1.807, 2.05) is 11.8 Å². The fraction of sp³-hybridized carbons (Fsp3) is 0.714. The summed E-state index contributed by atoms with van der Waals surface area (Å²) in [6.45, 7) is 2.79. The van der Waals surface area contributed by atoms with Gasteiger partial charge in [0.05, 0.1) is 13.0 Å². The van der Waals surface area contributed by atoms with E-state index in [9.17, 15) is 9.59 Å². The summed E-state index contributed by atoms with van der Waals surface area (Å²) in [4.78, 5) is 25.7. The molecule has 0 bridgehead atoms. The van der Waals surface area contributed by atoms with Crippen LogP contribution in [0.1, 0.15) is 32.6 Å². The minimum absolute atomic E-state index is 0.108. The van der Waals surface area contributed by atoms with Gasteiger partial charge in [-0.1, -0.05) is 19.1 Å². The van der Waals surface area contributed by atoms with Gasteiger partial charge < -0.3 is 9.64 Å². The zero-order valence-electron chi connectivity index (χ0n) is 11.1. The summed E-state index contributed by atoms with van der Waals surface area (Å²) >= 11 is 0. The van der Waals surface area contributed by atoms with Gasteiger partial charge in [0.15, 0.2) is 0 Å². The first-order valence-corrected chi connectivity index (χ1v) is 6.73. The number of fused-ring (bicyclic) bond motifs is 1. The van der Waals surface area contributed by atoms with Crippen LogP contribution >= 0.6 is 0 Å². The minimum atomic E-state index is -0.159. The number of amides is 1. The summed E-state index contributed by atoms with van der Waals surface area (Å²) in [7, 11) is 1.43. The van der Waals surface area contributed by atoms with Gasteiger partial charge in [-0.15, -0.1) is 0 Å². The van der Waals surface area contributed by atoms with E-state index < -0.39 is 0 Å².